The molecule has 0 aliphatic rings. The molecular formula is C12H10ClN3O4. The maximum absolute atomic E-state index is 12.0. The number of carbonyl (C=O) groups excluding carboxylic acids is 1. The van der Waals surface area contributed by atoms with Crippen molar-refractivity contribution in [3.63, 3.8) is 0 Å². The molecule has 1 aromatic carbocycles. The fourth-order valence-electron chi connectivity index (χ4n) is 1.75. The molecular weight excluding hydrogens is 286 g/mol. The predicted molar refractivity (Wildman–Crippen MR) is 71.0 cm³/mol. The summed E-state index contributed by atoms with van der Waals surface area (Å²) in [5.41, 5.74) is -0.408. The van der Waals surface area contributed by atoms with Gasteiger partial charge in [0.25, 0.3) is 0 Å². The number of rotatable bonds is 3. The van der Waals surface area contributed by atoms with Gasteiger partial charge in [-0.1, -0.05) is 11.6 Å². The molecule has 0 radical (unpaired) electrons. The van der Waals surface area contributed by atoms with Crippen LogP contribution in [0.15, 0.2) is 24.3 Å². The lowest BCUT2D eigenvalue weighted by Gasteiger charge is -2.04. The highest BCUT2D eigenvalue weighted by Crippen LogP contribution is 2.24. The summed E-state index contributed by atoms with van der Waals surface area (Å²) in [6.07, 6.45) is 0. The van der Waals surface area contributed by atoms with Crippen LogP contribution < -0.4 is 4.74 Å². The number of carbonyl (C=O) groups is 1. The normalized spacial score (nSPS) is 10.3. The van der Waals surface area contributed by atoms with Crippen LogP contribution in [-0.4, -0.2) is 20.7 Å². The van der Waals surface area contributed by atoms with Crippen molar-refractivity contribution >= 4 is 23.3 Å². The van der Waals surface area contributed by atoms with E-state index in [1.165, 1.54) is 26.1 Å². The van der Waals surface area contributed by atoms with Crippen molar-refractivity contribution < 1.29 is 14.5 Å². The highest BCUT2D eigenvalue weighted by Gasteiger charge is 2.30. The van der Waals surface area contributed by atoms with Crippen LogP contribution in [0.1, 0.15) is 16.2 Å². The van der Waals surface area contributed by atoms with Gasteiger partial charge in [-0.2, -0.15) is 5.10 Å². The Morgan fingerprint density at radius 2 is 2.00 bits per heavy atom. The molecule has 20 heavy (non-hydrogen) atoms. The molecule has 0 N–H and O–H groups in total. The first-order valence-electron chi connectivity index (χ1n) is 5.56. The van der Waals surface area contributed by atoms with Crippen molar-refractivity contribution in [1.82, 2.24) is 9.78 Å². The molecule has 1 heterocycles. The number of benzene rings is 1. The second-order valence-electron chi connectivity index (χ2n) is 4.01. The first-order chi connectivity index (χ1) is 9.40. The van der Waals surface area contributed by atoms with Gasteiger partial charge in [0.05, 0.1) is 4.92 Å². The van der Waals surface area contributed by atoms with Crippen LogP contribution >= 0.6 is 11.6 Å². The number of halogens is 1. The standard InChI is InChI=1S/C12H10ClN3O4/c1-7-10(16(18)19)11(15(2)14-7)12(17)20-9-5-3-8(13)4-6-9/h3-6H,1-2H3. The maximum Gasteiger partial charge on any atom is 0.369 e. The van der Waals surface area contributed by atoms with Crippen LogP contribution in [0.2, 0.25) is 5.02 Å². The minimum absolute atomic E-state index is 0.153. The van der Waals surface area contributed by atoms with Crippen molar-refractivity contribution in [2.24, 2.45) is 7.05 Å². The maximum atomic E-state index is 12.0. The van der Waals surface area contributed by atoms with Gasteiger partial charge in [0, 0.05) is 12.1 Å². The van der Waals surface area contributed by atoms with Crippen molar-refractivity contribution in [3.05, 3.63) is 50.8 Å². The van der Waals surface area contributed by atoms with E-state index < -0.39 is 10.9 Å². The third kappa shape index (κ3) is 2.62. The molecule has 104 valence electrons. The highest BCUT2D eigenvalue weighted by atomic mass is 35.5. The Kier molecular flexibility index (Phi) is 3.71. The number of nitrogens with zero attached hydrogens (tertiary/aromatic N) is 3. The fourth-order valence-corrected chi connectivity index (χ4v) is 1.88. The Balaban J connectivity index is 2.34. The Hall–Kier alpha value is -2.41. The lowest BCUT2D eigenvalue weighted by atomic mass is 10.3. The van der Waals surface area contributed by atoms with E-state index in [-0.39, 0.29) is 22.8 Å². The molecule has 0 atom stereocenters. The summed E-state index contributed by atoms with van der Waals surface area (Å²) >= 11 is 5.72. The lowest BCUT2D eigenvalue weighted by molar-refractivity contribution is -0.385. The SMILES string of the molecule is Cc1nn(C)c(C(=O)Oc2ccc(Cl)cc2)c1[N+](=O)[O-]. The molecule has 0 spiro atoms. The zero-order valence-corrected chi connectivity index (χ0v) is 11.4. The van der Waals surface area contributed by atoms with E-state index in [1.54, 1.807) is 12.1 Å². The van der Waals surface area contributed by atoms with Crippen LogP contribution in [0.25, 0.3) is 0 Å². The quantitative estimate of drug-likeness (QED) is 0.376. The summed E-state index contributed by atoms with van der Waals surface area (Å²) in [7, 11) is 1.44. The Morgan fingerprint density at radius 1 is 1.40 bits per heavy atom. The minimum Gasteiger partial charge on any atom is -0.422 e. The van der Waals surface area contributed by atoms with Gasteiger partial charge in [-0.3, -0.25) is 14.8 Å². The molecule has 0 aliphatic heterocycles. The van der Waals surface area contributed by atoms with Gasteiger partial charge in [0.1, 0.15) is 11.4 Å². The van der Waals surface area contributed by atoms with Gasteiger partial charge in [-0.25, -0.2) is 4.79 Å². The Morgan fingerprint density at radius 3 is 2.55 bits per heavy atom. The number of nitro groups is 1. The summed E-state index contributed by atoms with van der Waals surface area (Å²) in [4.78, 5) is 22.4. The molecule has 0 saturated heterocycles. The third-order valence-corrected chi connectivity index (χ3v) is 2.84. The second-order valence-corrected chi connectivity index (χ2v) is 4.44. The van der Waals surface area contributed by atoms with Crippen LogP contribution in [0, 0.1) is 17.0 Å². The van der Waals surface area contributed by atoms with E-state index in [9.17, 15) is 14.9 Å². The number of aromatic nitrogens is 2. The molecule has 8 heteroatoms. The third-order valence-electron chi connectivity index (χ3n) is 2.59. The number of aryl methyl sites for hydroxylation is 2. The zero-order valence-electron chi connectivity index (χ0n) is 10.7. The minimum atomic E-state index is -0.845. The monoisotopic (exact) mass is 295 g/mol. The summed E-state index contributed by atoms with van der Waals surface area (Å²) in [5, 5.41) is 15.3. The van der Waals surface area contributed by atoms with Gasteiger partial charge in [-0.05, 0) is 31.2 Å². The van der Waals surface area contributed by atoms with Crippen LogP contribution in [0.3, 0.4) is 0 Å². The number of hydrogen-bond donors (Lipinski definition) is 0. The first-order valence-corrected chi connectivity index (χ1v) is 5.93. The van der Waals surface area contributed by atoms with E-state index in [0.29, 0.717) is 5.02 Å². The van der Waals surface area contributed by atoms with E-state index in [1.807, 2.05) is 0 Å². The van der Waals surface area contributed by atoms with Gasteiger partial charge in [0.15, 0.2) is 0 Å². The molecule has 0 saturated carbocycles. The van der Waals surface area contributed by atoms with E-state index in [0.717, 1.165) is 4.68 Å². The molecule has 0 amide bonds. The van der Waals surface area contributed by atoms with Gasteiger partial charge < -0.3 is 4.74 Å². The number of ether oxygens (including phenoxy) is 1. The highest BCUT2D eigenvalue weighted by molar-refractivity contribution is 6.30. The molecule has 1 aromatic heterocycles. The van der Waals surface area contributed by atoms with E-state index in [2.05, 4.69) is 5.10 Å². The number of hydrogen-bond acceptors (Lipinski definition) is 5. The van der Waals surface area contributed by atoms with Gasteiger partial charge in [0.2, 0.25) is 5.69 Å². The molecule has 0 bridgehead atoms. The second kappa shape index (κ2) is 5.30. The topological polar surface area (TPSA) is 87.3 Å². The lowest BCUT2D eigenvalue weighted by Crippen LogP contribution is -2.15. The van der Waals surface area contributed by atoms with Gasteiger partial charge in [-0.15, -0.1) is 0 Å². The molecule has 2 aromatic rings. The molecule has 0 fully saturated rings. The largest absolute Gasteiger partial charge is 0.422 e. The Bertz CT molecular complexity index is 679. The zero-order chi connectivity index (χ0) is 14.9. The molecule has 7 nitrogen and oxygen atoms in total. The van der Waals surface area contributed by atoms with Crippen molar-refractivity contribution in [2.75, 3.05) is 0 Å². The first kappa shape index (κ1) is 14.0. The average Bonchev–Trinajstić information content (AvgIpc) is 2.67. The summed E-state index contributed by atoms with van der Waals surface area (Å²) < 4.78 is 6.21. The van der Waals surface area contributed by atoms with E-state index in [4.69, 9.17) is 16.3 Å². The average molecular weight is 296 g/mol. The van der Waals surface area contributed by atoms with Crippen molar-refractivity contribution in [3.8, 4) is 5.75 Å². The molecule has 0 aliphatic carbocycles. The van der Waals surface area contributed by atoms with Crippen LogP contribution in [0.4, 0.5) is 5.69 Å². The summed E-state index contributed by atoms with van der Waals surface area (Å²) in [6, 6.07) is 6.09. The van der Waals surface area contributed by atoms with Crippen LogP contribution in [0.5, 0.6) is 5.75 Å². The molecule has 2 rings (SSSR count). The molecule has 0 unspecified atom stereocenters. The Labute approximate surface area is 118 Å². The predicted octanol–water partition coefficient (Wildman–Crippen LogP) is 2.51. The van der Waals surface area contributed by atoms with E-state index >= 15 is 0 Å². The fraction of sp³-hybridized carbons (Fsp3) is 0.167. The van der Waals surface area contributed by atoms with Crippen molar-refractivity contribution in [2.45, 2.75) is 6.92 Å². The van der Waals surface area contributed by atoms with Crippen LogP contribution in [-0.2, 0) is 7.05 Å². The summed E-state index contributed by atoms with van der Waals surface area (Å²) in [5.74, 6) is -0.602. The van der Waals surface area contributed by atoms with Gasteiger partial charge >= 0.3 is 11.7 Å². The smallest absolute Gasteiger partial charge is 0.369 e. The number of esters is 1. The van der Waals surface area contributed by atoms with Crippen molar-refractivity contribution in [1.29, 1.82) is 0 Å². The summed E-state index contributed by atoms with van der Waals surface area (Å²) in [6.45, 7) is 1.46.